The first-order valence-corrected chi connectivity index (χ1v) is 8.58. The fourth-order valence-corrected chi connectivity index (χ4v) is 2.70. The average Bonchev–Trinajstić information content (AvgIpc) is 2.72. The van der Waals surface area contributed by atoms with Gasteiger partial charge in [0.1, 0.15) is 11.6 Å². The monoisotopic (exact) mass is 378 g/mol. The number of carbonyl (C=O) groups is 1. The molecule has 0 saturated carbocycles. The molecule has 0 aliphatic rings. The first-order valence-electron chi connectivity index (χ1n) is 8.58. The van der Waals surface area contributed by atoms with E-state index in [2.05, 4.69) is 20.3 Å². The number of ether oxygens (including phenoxy) is 1. The van der Waals surface area contributed by atoms with Gasteiger partial charge in [-0.1, -0.05) is 6.08 Å². The number of carbonyl (C=O) groups excluding carboxylic acids is 1. The van der Waals surface area contributed by atoms with Gasteiger partial charge in [-0.3, -0.25) is 9.78 Å². The van der Waals surface area contributed by atoms with Crippen molar-refractivity contribution in [3.63, 3.8) is 0 Å². The number of anilines is 1. The number of halogens is 1. The molecule has 0 aromatic carbocycles. The summed E-state index contributed by atoms with van der Waals surface area (Å²) in [6, 6.07) is 7.24. The number of hydrogen-bond donors (Lipinski definition) is 1. The summed E-state index contributed by atoms with van der Waals surface area (Å²) >= 11 is 0. The topological polar surface area (TPSA) is 77.0 Å². The van der Waals surface area contributed by atoms with Crippen LogP contribution in [0.2, 0.25) is 0 Å². The van der Waals surface area contributed by atoms with E-state index in [1.54, 1.807) is 31.6 Å². The molecular weight excluding hydrogens is 359 g/mol. The number of nitrogens with zero attached hydrogens (tertiary/aromatic N) is 3. The zero-order valence-electron chi connectivity index (χ0n) is 15.7. The molecule has 3 heterocycles. The Labute approximate surface area is 162 Å². The molecule has 1 amide bonds. The first-order chi connectivity index (χ1) is 13.5. The van der Waals surface area contributed by atoms with E-state index in [-0.39, 0.29) is 11.1 Å². The highest BCUT2D eigenvalue weighted by atomic mass is 19.1. The smallest absolute Gasteiger partial charge is 0.258 e. The molecule has 0 radical (unpaired) electrons. The zero-order valence-corrected chi connectivity index (χ0v) is 15.7. The van der Waals surface area contributed by atoms with Gasteiger partial charge in [0.05, 0.1) is 18.9 Å². The molecule has 0 unspecified atom stereocenters. The van der Waals surface area contributed by atoms with Crippen molar-refractivity contribution in [3.8, 4) is 5.88 Å². The van der Waals surface area contributed by atoms with Crippen molar-refractivity contribution in [2.24, 2.45) is 0 Å². The molecule has 3 rings (SSSR count). The van der Waals surface area contributed by atoms with Gasteiger partial charge in [0.25, 0.3) is 5.91 Å². The molecule has 6 nitrogen and oxygen atoms in total. The summed E-state index contributed by atoms with van der Waals surface area (Å²) in [7, 11) is 1.57. The molecule has 1 N–H and O–H groups in total. The standard InChI is InChI=1S/C21H19FN4O2/c1-4-16(15-6-8-20(28-3)25-10-15)14-5-7-19(24-9-14)26-21(27)17-11-23-12-18(22)13(17)2/h4-12H,1-3H3,(H,24,26,27). The van der Waals surface area contributed by atoms with Crippen LogP contribution in [0.25, 0.3) is 5.57 Å². The molecule has 0 aliphatic carbocycles. The maximum Gasteiger partial charge on any atom is 0.258 e. The first kappa shape index (κ1) is 19.2. The fourth-order valence-electron chi connectivity index (χ4n) is 2.70. The number of allylic oxidation sites excluding steroid dienone is 1. The van der Waals surface area contributed by atoms with E-state index in [4.69, 9.17) is 4.74 Å². The molecule has 7 heteroatoms. The maximum atomic E-state index is 13.6. The fraction of sp³-hybridized carbons (Fsp3) is 0.143. The molecule has 0 atom stereocenters. The predicted molar refractivity (Wildman–Crippen MR) is 105 cm³/mol. The van der Waals surface area contributed by atoms with Gasteiger partial charge in [-0.25, -0.2) is 14.4 Å². The second kappa shape index (κ2) is 8.39. The molecule has 0 spiro atoms. The summed E-state index contributed by atoms with van der Waals surface area (Å²) in [5.41, 5.74) is 3.15. The molecular formula is C21H19FN4O2. The van der Waals surface area contributed by atoms with E-state index in [0.29, 0.717) is 11.7 Å². The van der Waals surface area contributed by atoms with Crippen molar-refractivity contribution in [1.29, 1.82) is 0 Å². The number of amides is 1. The number of nitrogens with one attached hydrogen (secondary N) is 1. The Bertz CT molecular complexity index is 1020. The number of pyridine rings is 3. The molecule has 0 bridgehead atoms. The third-order valence-electron chi connectivity index (χ3n) is 4.26. The Morgan fingerprint density at radius 2 is 1.79 bits per heavy atom. The third-order valence-corrected chi connectivity index (χ3v) is 4.26. The van der Waals surface area contributed by atoms with Crippen molar-refractivity contribution in [2.45, 2.75) is 13.8 Å². The van der Waals surface area contributed by atoms with Crippen LogP contribution >= 0.6 is 0 Å². The largest absolute Gasteiger partial charge is 0.481 e. The lowest BCUT2D eigenvalue weighted by molar-refractivity contribution is 0.102. The van der Waals surface area contributed by atoms with Crippen LogP contribution in [0.1, 0.15) is 34.0 Å². The van der Waals surface area contributed by atoms with Crippen LogP contribution in [-0.2, 0) is 0 Å². The molecule has 3 aromatic rings. The second-order valence-electron chi connectivity index (χ2n) is 5.97. The Morgan fingerprint density at radius 1 is 1.07 bits per heavy atom. The summed E-state index contributed by atoms with van der Waals surface area (Å²) in [5, 5.41) is 2.66. The van der Waals surface area contributed by atoms with Crippen LogP contribution in [0.15, 0.2) is 55.1 Å². The van der Waals surface area contributed by atoms with Gasteiger partial charge in [0.15, 0.2) is 0 Å². The van der Waals surface area contributed by atoms with Crippen LogP contribution in [0.4, 0.5) is 10.2 Å². The molecule has 0 saturated heterocycles. The zero-order chi connectivity index (χ0) is 20.1. The Balaban J connectivity index is 1.78. The lowest BCUT2D eigenvalue weighted by Crippen LogP contribution is -2.15. The Hall–Kier alpha value is -3.61. The van der Waals surface area contributed by atoms with E-state index in [1.807, 2.05) is 25.1 Å². The SMILES string of the molecule is CC=C(c1ccc(NC(=O)c2cncc(F)c2C)nc1)c1ccc(OC)nc1. The molecule has 0 aliphatic heterocycles. The summed E-state index contributed by atoms with van der Waals surface area (Å²) < 4.78 is 18.7. The summed E-state index contributed by atoms with van der Waals surface area (Å²) in [6.07, 6.45) is 7.75. The number of rotatable bonds is 5. The average molecular weight is 378 g/mol. The van der Waals surface area contributed by atoms with Crippen LogP contribution < -0.4 is 10.1 Å². The number of aromatic nitrogens is 3. The minimum Gasteiger partial charge on any atom is -0.481 e. The van der Waals surface area contributed by atoms with E-state index in [0.717, 1.165) is 22.9 Å². The number of methoxy groups -OCH3 is 1. The molecule has 142 valence electrons. The van der Waals surface area contributed by atoms with Crippen molar-refractivity contribution in [1.82, 2.24) is 15.0 Å². The molecule has 0 fully saturated rings. The van der Waals surface area contributed by atoms with Crippen molar-refractivity contribution in [2.75, 3.05) is 12.4 Å². The van der Waals surface area contributed by atoms with Crippen LogP contribution in [0, 0.1) is 12.7 Å². The quantitative estimate of drug-likeness (QED) is 0.725. The van der Waals surface area contributed by atoms with Crippen LogP contribution in [0.5, 0.6) is 5.88 Å². The van der Waals surface area contributed by atoms with Gasteiger partial charge in [-0.05, 0) is 37.6 Å². The lowest BCUT2D eigenvalue weighted by Gasteiger charge is -2.10. The van der Waals surface area contributed by atoms with Crippen LogP contribution in [-0.4, -0.2) is 28.0 Å². The maximum absolute atomic E-state index is 13.6. The van der Waals surface area contributed by atoms with Gasteiger partial charge >= 0.3 is 0 Å². The summed E-state index contributed by atoms with van der Waals surface area (Å²) in [5.74, 6) is -0.0876. The number of hydrogen-bond acceptors (Lipinski definition) is 5. The van der Waals surface area contributed by atoms with Crippen molar-refractivity contribution < 1.29 is 13.9 Å². The van der Waals surface area contributed by atoms with Gasteiger partial charge < -0.3 is 10.1 Å². The highest BCUT2D eigenvalue weighted by Crippen LogP contribution is 2.24. The van der Waals surface area contributed by atoms with E-state index in [1.165, 1.54) is 13.1 Å². The minimum absolute atomic E-state index is 0.171. The summed E-state index contributed by atoms with van der Waals surface area (Å²) in [6.45, 7) is 3.46. The highest BCUT2D eigenvalue weighted by Gasteiger charge is 2.13. The van der Waals surface area contributed by atoms with Gasteiger partial charge in [0, 0.05) is 41.3 Å². The predicted octanol–water partition coefficient (Wildman–Crippen LogP) is 4.03. The molecule has 28 heavy (non-hydrogen) atoms. The minimum atomic E-state index is -0.526. The van der Waals surface area contributed by atoms with Gasteiger partial charge in [0.2, 0.25) is 5.88 Å². The van der Waals surface area contributed by atoms with E-state index >= 15 is 0 Å². The van der Waals surface area contributed by atoms with E-state index < -0.39 is 11.7 Å². The Morgan fingerprint density at radius 3 is 2.36 bits per heavy atom. The Kier molecular flexibility index (Phi) is 5.74. The molecule has 3 aromatic heterocycles. The van der Waals surface area contributed by atoms with Crippen molar-refractivity contribution >= 4 is 17.3 Å². The van der Waals surface area contributed by atoms with Crippen molar-refractivity contribution in [3.05, 3.63) is 83.2 Å². The van der Waals surface area contributed by atoms with Gasteiger partial charge in [-0.15, -0.1) is 0 Å². The normalized spacial score (nSPS) is 11.2. The van der Waals surface area contributed by atoms with Gasteiger partial charge in [-0.2, -0.15) is 0 Å². The summed E-state index contributed by atoms with van der Waals surface area (Å²) in [4.78, 5) is 24.6. The third kappa shape index (κ3) is 4.03. The second-order valence-corrected chi connectivity index (χ2v) is 5.97. The van der Waals surface area contributed by atoms with E-state index in [9.17, 15) is 9.18 Å². The van der Waals surface area contributed by atoms with Crippen LogP contribution in [0.3, 0.4) is 0 Å². The lowest BCUT2D eigenvalue weighted by atomic mass is 10.0. The highest BCUT2D eigenvalue weighted by molar-refractivity contribution is 6.04.